The molecule has 0 saturated heterocycles. The highest BCUT2D eigenvalue weighted by atomic mass is 31.2. The number of ether oxygens (including phenoxy) is 2. The van der Waals surface area contributed by atoms with E-state index in [-0.39, 0.29) is 18.4 Å². The number of amides is 3. The fourth-order valence-electron chi connectivity index (χ4n) is 4.93. The molecule has 246 valence electrons. The van der Waals surface area contributed by atoms with Crippen molar-refractivity contribution in [3.63, 3.8) is 0 Å². The Bertz CT molecular complexity index is 1370. The molecule has 0 atom stereocenters. The monoisotopic (exact) mass is 647 g/mol. The molecule has 0 heterocycles. The summed E-state index contributed by atoms with van der Waals surface area (Å²) in [6.07, 6.45) is -0.0722. The lowest BCUT2D eigenvalue weighted by Gasteiger charge is -2.29. The molecular weight excluding hydrogens is 599 g/mol. The maximum Gasteiger partial charge on any atom is 0.437 e. The van der Waals surface area contributed by atoms with Crippen LogP contribution < -0.4 is 21.2 Å². The number of aliphatic imine (C=N–C) groups is 1. The van der Waals surface area contributed by atoms with Crippen LogP contribution in [0.5, 0.6) is 0 Å². The zero-order valence-corrected chi connectivity index (χ0v) is 29.2. The summed E-state index contributed by atoms with van der Waals surface area (Å²) in [7, 11) is 1.30. The number of nitrogens with zero attached hydrogens (tertiary/aromatic N) is 3. The molecule has 0 saturated carbocycles. The van der Waals surface area contributed by atoms with Gasteiger partial charge < -0.3 is 19.3 Å². The Labute approximate surface area is 274 Å². The third-order valence-corrected chi connectivity index (χ3v) is 11.5. The summed E-state index contributed by atoms with van der Waals surface area (Å²) >= 11 is 0. The van der Waals surface area contributed by atoms with Crippen molar-refractivity contribution >= 4 is 47.2 Å². The number of hydrogen-bond donors (Lipinski definition) is 1. The highest BCUT2D eigenvalue weighted by Crippen LogP contribution is 2.55. The predicted octanol–water partition coefficient (Wildman–Crippen LogP) is 5.58. The normalized spacial score (nSPS) is 12.2. The van der Waals surface area contributed by atoms with Crippen LogP contribution in [-0.4, -0.2) is 78.4 Å². The number of rotatable bonds is 9. The molecule has 0 aliphatic carbocycles. The van der Waals surface area contributed by atoms with E-state index < -0.39 is 30.7 Å². The molecule has 0 radical (unpaired) electrons. The molecule has 3 aromatic carbocycles. The third-order valence-electron chi connectivity index (χ3n) is 6.94. The molecule has 0 aliphatic heterocycles. The summed E-state index contributed by atoms with van der Waals surface area (Å²) in [5.41, 5.74) is -1.56. The van der Waals surface area contributed by atoms with E-state index in [1.54, 1.807) is 60.5 Å². The molecule has 0 aromatic heterocycles. The molecule has 0 bridgehead atoms. The Morgan fingerprint density at radius 3 is 1.54 bits per heavy atom. The summed E-state index contributed by atoms with van der Waals surface area (Å²) < 4.78 is 10.7. The molecule has 0 fully saturated rings. The van der Waals surface area contributed by atoms with Crippen LogP contribution in [0.2, 0.25) is 0 Å². The van der Waals surface area contributed by atoms with Crippen molar-refractivity contribution in [2.75, 3.05) is 33.3 Å². The average molecular weight is 648 g/mol. The molecule has 0 spiro atoms. The zero-order chi connectivity index (χ0) is 34.0. The van der Waals surface area contributed by atoms with Gasteiger partial charge in [-0.25, -0.2) is 9.59 Å². The second kappa shape index (κ2) is 15.9. The first-order chi connectivity index (χ1) is 21.6. The first-order valence-electron chi connectivity index (χ1n) is 15.4. The van der Waals surface area contributed by atoms with Gasteiger partial charge in [-0.3, -0.25) is 10.1 Å². The van der Waals surface area contributed by atoms with Crippen LogP contribution in [0.3, 0.4) is 0 Å². The number of carbonyl (C=O) groups excluding carboxylic acids is 3. The number of alkyl carbamates (subject to hydrolysis) is 1. The topological polar surface area (TPSA) is 101 Å². The van der Waals surface area contributed by atoms with E-state index >= 15 is 0 Å². The number of guanidine groups is 1. The molecule has 1 N–H and O–H groups in total. The van der Waals surface area contributed by atoms with E-state index in [1.807, 2.05) is 18.2 Å². The largest absolute Gasteiger partial charge is 0.444 e. The lowest BCUT2D eigenvalue weighted by atomic mass is 10.2. The van der Waals surface area contributed by atoms with E-state index in [0.29, 0.717) is 6.54 Å². The van der Waals surface area contributed by atoms with Gasteiger partial charge in [-0.05, 0) is 84.4 Å². The Morgan fingerprint density at radius 2 is 1.13 bits per heavy atom. The molecule has 10 heteroatoms. The van der Waals surface area contributed by atoms with Crippen LogP contribution in [0.1, 0.15) is 48.0 Å². The Kier molecular flexibility index (Phi) is 12.5. The Morgan fingerprint density at radius 1 is 0.696 bits per heavy atom. The first-order valence-corrected chi connectivity index (χ1v) is 17.4. The minimum atomic E-state index is -2.03. The van der Waals surface area contributed by atoms with Crippen molar-refractivity contribution in [2.24, 2.45) is 4.99 Å². The number of nitrogens with one attached hydrogen (secondary N) is 1. The van der Waals surface area contributed by atoms with Crippen molar-refractivity contribution in [3.8, 4) is 0 Å². The fraction of sp³-hybridized carbons (Fsp3) is 0.389. The van der Waals surface area contributed by atoms with Crippen molar-refractivity contribution in [3.05, 3.63) is 91.0 Å². The molecular formula is C36H48N4O5P+. The molecule has 9 nitrogen and oxygen atoms in total. The van der Waals surface area contributed by atoms with Gasteiger partial charge in [0.2, 0.25) is 11.9 Å². The van der Waals surface area contributed by atoms with Crippen LogP contribution >= 0.6 is 7.26 Å². The van der Waals surface area contributed by atoms with Crippen LogP contribution in [0, 0.1) is 0 Å². The van der Waals surface area contributed by atoms with Gasteiger partial charge in [0.15, 0.2) is 0 Å². The molecule has 0 unspecified atom stereocenters. The lowest BCUT2D eigenvalue weighted by molar-refractivity contribution is -0.130. The molecule has 46 heavy (non-hydrogen) atoms. The van der Waals surface area contributed by atoms with E-state index in [2.05, 4.69) is 83.1 Å². The van der Waals surface area contributed by atoms with E-state index in [0.717, 1.165) is 12.6 Å². The van der Waals surface area contributed by atoms with Crippen LogP contribution in [0.25, 0.3) is 0 Å². The number of likely N-dealkylation sites (N-methyl/N-ethyl adjacent to an activating group) is 2. The lowest BCUT2D eigenvalue weighted by Crippen LogP contribution is -2.48. The van der Waals surface area contributed by atoms with Gasteiger partial charge in [-0.1, -0.05) is 54.6 Å². The summed E-state index contributed by atoms with van der Waals surface area (Å²) in [4.78, 5) is 45.5. The van der Waals surface area contributed by atoms with Gasteiger partial charge in [-0.15, -0.1) is 4.99 Å². The van der Waals surface area contributed by atoms with Crippen molar-refractivity contribution in [2.45, 2.75) is 59.2 Å². The molecule has 3 amide bonds. The van der Waals surface area contributed by atoms with Crippen LogP contribution in [0.15, 0.2) is 96.0 Å². The zero-order valence-electron chi connectivity index (χ0n) is 28.3. The second-order valence-electron chi connectivity index (χ2n) is 13.1. The SMILES string of the molecule is CN(CCC[P+](c1ccccc1)(c1ccccc1)c1ccccc1)C(=O)CN(C)C(=NC(=O)OC(C)(C)C)NC(=O)OC(C)(C)C. The Balaban J connectivity index is 1.79. The van der Waals surface area contributed by atoms with Crippen molar-refractivity contribution in [1.29, 1.82) is 0 Å². The van der Waals surface area contributed by atoms with E-state index in [1.165, 1.54) is 20.8 Å². The maximum absolute atomic E-state index is 13.4. The molecule has 3 rings (SSSR count). The Hall–Kier alpha value is -4.23. The van der Waals surface area contributed by atoms with Gasteiger partial charge in [0, 0.05) is 20.6 Å². The highest BCUT2D eigenvalue weighted by molar-refractivity contribution is 7.95. The fourth-order valence-corrected chi connectivity index (χ4v) is 9.25. The first kappa shape index (κ1) is 36.2. The number of carbonyl (C=O) groups is 3. The quantitative estimate of drug-likeness (QED) is 0.185. The van der Waals surface area contributed by atoms with Gasteiger partial charge in [0.1, 0.15) is 34.4 Å². The predicted molar refractivity (Wildman–Crippen MR) is 188 cm³/mol. The maximum atomic E-state index is 13.4. The van der Waals surface area contributed by atoms with E-state index in [4.69, 9.17) is 9.47 Å². The van der Waals surface area contributed by atoms with Gasteiger partial charge in [0.25, 0.3) is 0 Å². The standard InChI is InChI=1S/C36H47N4O5P/c1-35(2,3)44-33(42)37-32(38-34(43)45-36(4,5)6)40(8)27-31(41)39(7)25-18-26-46(28-19-12-9-13-20-28,29-21-14-10-15-22-29)30-23-16-11-17-24-30/h9-17,19-24H,18,25-27H2,1-8H3/p+1. The van der Waals surface area contributed by atoms with Gasteiger partial charge >= 0.3 is 12.2 Å². The average Bonchev–Trinajstić information content (AvgIpc) is 2.98. The minimum absolute atomic E-state index is 0.135. The minimum Gasteiger partial charge on any atom is -0.444 e. The van der Waals surface area contributed by atoms with Crippen LogP contribution in [-0.2, 0) is 14.3 Å². The van der Waals surface area contributed by atoms with Crippen molar-refractivity contribution in [1.82, 2.24) is 15.1 Å². The molecule has 0 aliphatic rings. The number of benzene rings is 3. The third kappa shape index (κ3) is 10.7. The number of hydrogen-bond acceptors (Lipinski definition) is 5. The van der Waals surface area contributed by atoms with Gasteiger partial charge in [0.05, 0.1) is 12.7 Å². The smallest absolute Gasteiger partial charge is 0.437 e. The van der Waals surface area contributed by atoms with Crippen molar-refractivity contribution < 1.29 is 23.9 Å². The summed E-state index contributed by atoms with van der Waals surface area (Å²) in [5.74, 6) is -0.346. The highest BCUT2D eigenvalue weighted by Gasteiger charge is 2.44. The summed E-state index contributed by atoms with van der Waals surface area (Å²) in [5, 5.41) is 6.37. The van der Waals surface area contributed by atoms with Gasteiger partial charge in [-0.2, -0.15) is 0 Å². The molecule has 3 aromatic rings. The summed E-state index contributed by atoms with van der Waals surface area (Å²) in [6.45, 7) is 10.7. The second-order valence-corrected chi connectivity index (χ2v) is 16.7. The van der Waals surface area contributed by atoms with Crippen LogP contribution in [0.4, 0.5) is 9.59 Å². The van der Waals surface area contributed by atoms with E-state index in [9.17, 15) is 14.4 Å². The summed E-state index contributed by atoms with van der Waals surface area (Å²) in [6, 6.07) is 31.9.